The normalized spacial score (nSPS) is 10.6. The van der Waals surface area contributed by atoms with E-state index in [9.17, 15) is 19.2 Å². The van der Waals surface area contributed by atoms with Crippen LogP contribution in [0.15, 0.2) is 277 Å². The van der Waals surface area contributed by atoms with Crippen molar-refractivity contribution in [2.24, 2.45) is 9.98 Å². The van der Waals surface area contributed by atoms with Crippen molar-refractivity contribution in [2.45, 2.75) is 6.42 Å². The van der Waals surface area contributed by atoms with Crippen molar-refractivity contribution in [3.8, 4) is 23.0 Å². The lowest BCUT2D eigenvalue weighted by molar-refractivity contribution is 0.0725. The highest BCUT2D eigenvalue weighted by molar-refractivity contribution is 6.15. The van der Waals surface area contributed by atoms with E-state index in [4.69, 9.17) is 28.9 Å². The minimum atomic E-state index is -0.458. The second kappa shape index (κ2) is 24.0. The first-order valence-corrected chi connectivity index (χ1v) is 24.6. The quantitative estimate of drug-likeness (QED) is 0.0531. The first-order valence-electron chi connectivity index (χ1n) is 24.6. The number of hydrogen-bond acceptors (Lipinski definition) is 10. The third-order valence-electron chi connectivity index (χ3n) is 12.2. The van der Waals surface area contributed by atoms with Gasteiger partial charge >= 0.3 is 23.9 Å². The second-order valence-corrected chi connectivity index (χ2v) is 17.6. The molecule has 0 aliphatic rings. The molecular formula is C67H46N2O8. The van der Waals surface area contributed by atoms with Crippen LogP contribution in [0.25, 0.3) is 0 Å². The number of nitrogens with zero attached hydrogens (tertiary/aromatic N) is 2. The zero-order valence-electron chi connectivity index (χ0n) is 41.3. The Bertz CT molecular complexity index is 3250. The molecule has 0 unspecified atom stereocenters. The molecule has 0 aromatic heterocycles. The van der Waals surface area contributed by atoms with Gasteiger partial charge < -0.3 is 18.9 Å². The molecule has 372 valence electrons. The van der Waals surface area contributed by atoms with E-state index in [0.29, 0.717) is 74.5 Å². The molecule has 0 aliphatic heterocycles. The molecular weight excluding hydrogens is 961 g/mol. The first-order chi connectivity index (χ1) is 37.8. The maximum Gasteiger partial charge on any atom is 0.343 e. The zero-order valence-corrected chi connectivity index (χ0v) is 41.3. The Morgan fingerprint density at radius 1 is 0.247 bits per heavy atom. The van der Waals surface area contributed by atoms with Gasteiger partial charge in [0.2, 0.25) is 0 Å². The monoisotopic (exact) mass is 1010 g/mol. The van der Waals surface area contributed by atoms with Crippen LogP contribution in [0.5, 0.6) is 23.0 Å². The summed E-state index contributed by atoms with van der Waals surface area (Å²) in [4.78, 5) is 61.4. The molecule has 0 aliphatic carbocycles. The molecule has 0 atom stereocenters. The van der Waals surface area contributed by atoms with Crippen molar-refractivity contribution in [2.75, 3.05) is 0 Å². The SMILES string of the molecule is O=C(Oc1ccc(C(=Nc2ccc(Cc3ccc(N=C(c4ccc(OC(=O)c5ccccc5)cc4)c4ccc(OC(=O)c5ccccc5)cc4)cc3)cc2)c2ccc(OC(=O)c3ccccc3)cc2)cc1)c1ccccc1. The number of hydrogen-bond donors (Lipinski definition) is 0. The molecule has 0 fully saturated rings. The predicted octanol–water partition coefficient (Wildman–Crippen LogP) is 14.5. The van der Waals surface area contributed by atoms with Crippen LogP contribution in [0, 0.1) is 0 Å². The van der Waals surface area contributed by atoms with E-state index in [0.717, 1.165) is 33.4 Å². The largest absolute Gasteiger partial charge is 0.423 e. The maximum absolute atomic E-state index is 12.8. The number of esters is 4. The molecule has 0 heterocycles. The van der Waals surface area contributed by atoms with Gasteiger partial charge in [-0.05, 0) is 187 Å². The van der Waals surface area contributed by atoms with Gasteiger partial charge in [-0.15, -0.1) is 0 Å². The van der Waals surface area contributed by atoms with Gasteiger partial charge in [0.05, 0.1) is 45.1 Å². The molecule has 0 saturated carbocycles. The molecule has 0 amide bonds. The molecule has 77 heavy (non-hydrogen) atoms. The van der Waals surface area contributed by atoms with E-state index in [1.165, 1.54) is 0 Å². The Kier molecular flexibility index (Phi) is 15.6. The average molecular weight is 1010 g/mol. The minimum Gasteiger partial charge on any atom is -0.423 e. The van der Waals surface area contributed by atoms with Gasteiger partial charge in [0.1, 0.15) is 23.0 Å². The van der Waals surface area contributed by atoms with E-state index < -0.39 is 23.9 Å². The lowest BCUT2D eigenvalue weighted by atomic mass is 10.0. The Balaban J connectivity index is 0.871. The Hall–Kier alpha value is -10.6. The summed E-state index contributed by atoms with van der Waals surface area (Å²) >= 11 is 0. The summed E-state index contributed by atoms with van der Waals surface area (Å²) in [5.41, 5.74) is 9.75. The van der Waals surface area contributed by atoms with Gasteiger partial charge in [-0.3, -0.25) is 0 Å². The lowest BCUT2D eigenvalue weighted by Gasteiger charge is -2.11. The summed E-state index contributed by atoms with van der Waals surface area (Å²) in [5.74, 6) is -0.275. The summed E-state index contributed by atoms with van der Waals surface area (Å²) in [7, 11) is 0. The number of benzene rings is 10. The van der Waals surface area contributed by atoms with Crippen molar-refractivity contribution < 1.29 is 38.1 Å². The fraction of sp³-hybridized carbons (Fsp3) is 0.0149. The van der Waals surface area contributed by atoms with E-state index in [1.54, 1.807) is 146 Å². The van der Waals surface area contributed by atoms with Gasteiger partial charge in [-0.25, -0.2) is 29.2 Å². The van der Waals surface area contributed by atoms with Crippen LogP contribution in [0.2, 0.25) is 0 Å². The highest BCUT2D eigenvalue weighted by atomic mass is 16.5. The maximum atomic E-state index is 12.8. The third-order valence-corrected chi connectivity index (χ3v) is 12.2. The molecule has 0 saturated heterocycles. The predicted molar refractivity (Wildman–Crippen MR) is 298 cm³/mol. The summed E-state index contributed by atoms with van der Waals surface area (Å²) < 4.78 is 22.6. The van der Waals surface area contributed by atoms with Crippen molar-refractivity contribution in [1.29, 1.82) is 0 Å². The molecule has 0 spiro atoms. The molecule has 0 radical (unpaired) electrons. The number of carbonyl (C=O) groups is 4. The topological polar surface area (TPSA) is 130 Å². The van der Waals surface area contributed by atoms with Crippen LogP contribution >= 0.6 is 0 Å². The van der Waals surface area contributed by atoms with Gasteiger partial charge in [-0.2, -0.15) is 0 Å². The minimum absolute atomic E-state index is 0.389. The Labute approximate surface area is 444 Å². The van der Waals surface area contributed by atoms with Crippen molar-refractivity contribution in [3.63, 3.8) is 0 Å². The van der Waals surface area contributed by atoms with Gasteiger partial charge in [0.25, 0.3) is 0 Å². The first kappa shape index (κ1) is 50.0. The summed E-state index contributed by atoms with van der Waals surface area (Å²) in [6.45, 7) is 0. The number of rotatable bonds is 16. The summed E-state index contributed by atoms with van der Waals surface area (Å²) in [6.07, 6.45) is 0.645. The highest BCUT2D eigenvalue weighted by Crippen LogP contribution is 2.27. The molecule has 10 aromatic carbocycles. The van der Waals surface area contributed by atoms with Crippen LogP contribution in [-0.4, -0.2) is 35.3 Å². The summed E-state index contributed by atoms with van der Waals surface area (Å²) in [6, 6.07) is 80.0. The van der Waals surface area contributed by atoms with Crippen molar-refractivity contribution >= 4 is 46.7 Å². The van der Waals surface area contributed by atoms with E-state index >= 15 is 0 Å². The molecule has 10 aromatic rings. The molecule has 10 heteroatoms. The van der Waals surface area contributed by atoms with Crippen LogP contribution in [-0.2, 0) is 6.42 Å². The van der Waals surface area contributed by atoms with E-state index in [-0.39, 0.29) is 0 Å². The Morgan fingerprint density at radius 2 is 0.468 bits per heavy atom. The third kappa shape index (κ3) is 13.2. The fourth-order valence-corrected chi connectivity index (χ4v) is 8.15. The number of ether oxygens (including phenoxy) is 4. The average Bonchev–Trinajstić information content (AvgIpc) is 3.48. The fourth-order valence-electron chi connectivity index (χ4n) is 8.15. The van der Waals surface area contributed by atoms with E-state index in [1.807, 2.05) is 121 Å². The van der Waals surface area contributed by atoms with Gasteiger partial charge in [0, 0.05) is 22.3 Å². The van der Waals surface area contributed by atoms with Gasteiger partial charge in [0.15, 0.2) is 0 Å². The Morgan fingerprint density at radius 3 is 0.688 bits per heavy atom. The van der Waals surface area contributed by atoms with Crippen LogP contribution in [0.3, 0.4) is 0 Å². The zero-order chi connectivity index (χ0) is 52.8. The van der Waals surface area contributed by atoms with Crippen LogP contribution in [0.4, 0.5) is 11.4 Å². The smallest absolute Gasteiger partial charge is 0.343 e. The van der Waals surface area contributed by atoms with Gasteiger partial charge in [-0.1, -0.05) is 97.1 Å². The lowest BCUT2D eigenvalue weighted by Crippen LogP contribution is -2.09. The van der Waals surface area contributed by atoms with Crippen molar-refractivity contribution in [3.05, 3.63) is 323 Å². The standard InChI is InChI=1S/C67H46N2O8/c70-64(52-13-5-1-6-14-52)74-58-37-25-48(26-38-58)62(49-27-39-59(40-28-49)75-65(71)53-15-7-2-8-16-53)68-56-33-21-46(22-34-56)45-47-23-35-57(36-24-47)69-63(50-29-41-60(42-30-50)76-66(72)54-17-9-3-10-18-54)51-31-43-61(44-32-51)77-67(73)55-19-11-4-12-20-55/h1-44H,45H2. The second-order valence-electron chi connectivity index (χ2n) is 17.6. The number of carbonyl (C=O) groups excluding carboxylic acids is 4. The van der Waals surface area contributed by atoms with E-state index in [2.05, 4.69) is 0 Å². The summed E-state index contributed by atoms with van der Waals surface area (Å²) in [5, 5.41) is 0. The van der Waals surface area contributed by atoms with Crippen molar-refractivity contribution in [1.82, 2.24) is 0 Å². The van der Waals surface area contributed by atoms with Crippen LogP contribution in [0.1, 0.15) is 74.8 Å². The molecule has 0 bridgehead atoms. The highest BCUT2D eigenvalue weighted by Gasteiger charge is 2.16. The molecule has 0 N–H and O–H groups in total. The van der Waals surface area contributed by atoms with Crippen LogP contribution < -0.4 is 18.9 Å². The molecule has 10 nitrogen and oxygen atoms in total. The molecule has 10 rings (SSSR count). The number of aliphatic imine (C=N–C) groups is 2.